The number of aliphatic imine (C=N–C) groups is 1. The van der Waals surface area contributed by atoms with E-state index in [1.165, 1.54) is 37.0 Å². The molecule has 26 heavy (non-hydrogen) atoms. The zero-order valence-corrected chi connectivity index (χ0v) is 17.4. The summed E-state index contributed by atoms with van der Waals surface area (Å²) >= 11 is 1.38. The van der Waals surface area contributed by atoms with Crippen LogP contribution in [0.4, 0.5) is 0 Å². The number of carbonyl (C=O) groups excluding carboxylic acids is 1. The number of aromatic nitrogens is 1. The molecule has 2 N–H and O–H groups in total. The first kappa shape index (κ1) is 20.7. The Labute approximate surface area is 160 Å². The molecule has 1 aromatic rings. The Morgan fingerprint density at radius 3 is 2.81 bits per heavy atom. The highest BCUT2D eigenvalue weighted by Crippen LogP contribution is 2.29. The van der Waals surface area contributed by atoms with Crippen LogP contribution in [0.5, 0.6) is 0 Å². The number of hydrogen-bond acceptors (Lipinski definition) is 5. The van der Waals surface area contributed by atoms with E-state index in [1.807, 2.05) is 20.8 Å². The van der Waals surface area contributed by atoms with Gasteiger partial charge in [0.1, 0.15) is 9.88 Å². The number of carbonyl (C=O) groups is 1. The van der Waals surface area contributed by atoms with E-state index in [0.29, 0.717) is 17.4 Å². The molecule has 0 saturated heterocycles. The van der Waals surface area contributed by atoms with Crippen LogP contribution in [0.1, 0.15) is 72.9 Å². The number of ether oxygens (including phenoxy) is 1. The van der Waals surface area contributed by atoms with Crippen LogP contribution in [0.3, 0.4) is 0 Å². The molecule has 7 heteroatoms. The van der Waals surface area contributed by atoms with Crippen molar-refractivity contribution in [3.63, 3.8) is 0 Å². The highest BCUT2D eigenvalue weighted by Gasteiger charge is 2.23. The van der Waals surface area contributed by atoms with Gasteiger partial charge in [-0.2, -0.15) is 0 Å². The molecule has 0 radical (unpaired) electrons. The quantitative estimate of drug-likeness (QED) is 0.447. The van der Waals surface area contributed by atoms with Crippen molar-refractivity contribution in [2.24, 2.45) is 16.8 Å². The van der Waals surface area contributed by atoms with Gasteiger partial charge in [-0.3, -0.25) is 4.99 Å². The van der Waals surface area contributed by atoms with Crippen LogP contribution in [0.25, 0.3) is 0 Å². The smallest absolute Gasteiger partial charge is 0.350 e. The number of rotatable bonds is 6. The van der Waals surface area contributed by atoms with E-state index in [-0.39, 0.29) is 12.0 Å². The maximum absolute atomic E-state index is 12.0. The first-order valence-corrected chi connectivity index (χ1v) is 10.4. The molecule has 1 saturated carbocycles. The van der Waals surface area contributed by atoms with Gasteiger partial charge in [0, 0.05) is 13.6 Å². The van der Waals surface area contributed by atoms with Crippen LogP contribution >= 0.6 is 11.3 Å². The zero-order chi connectivity index (χ0) is 19.1. The SMILES string of the molecule is CCOC(=O)c1sc(C(C)NC(=NC)NCC2CCCCC2C)nc1C. The molecule has 0 aromatic carbocycles. The normalized spacial score (nSPS) is 22.0. The average Bonchev–Trinajstić information content (AvgIpc) is 3.02. The number of aryl methyl sites for hydroxylation is 1. The van der Waals surface area contributed by atoms with E-state index < -0.39 is 0 Å². The lowest BCUT2D eigenvalue weighted by atomic mass is 9.80. The first-order valence-electron chi connectivity index (χ1n) is 9.57. The van der Waals surface area contributed by atoms with E-state index in [2.05, 4.69) is 27.5 Å². The largest absolute Gasteiger partial charge is 0.462 e. The van der Waals surface area contributed by atoms with Crippen molar-refractivity contribution in [1.82, 2.24) is 15.6 Å². The Morgan fingerprint density at radius 2 is 2.15 bits per heavy atom. The number of thiazole rings is 1. The van der Waals surface area contributed by atoms with E-state index in [1.54, 1.807) is 7.05 Å². The van der Waals surface area contributed by atoms with Crippen molar-refractivity contribution >= 4 is 23.3 Å². The fourth-order valence-electron chi connectivity index (χ4n) is 3.37. The molecular formula is C19H32N4O2S. The van der Waals surface area contributed by atoms with E-state index >= 15 is 0 Å². The summed E-state index contributed by atoms with van der Waals surface area (Å²) in [5.74, 6) is 1.95. The van der Waals surface area contributed by atoms with Crippen LogP contribution in [-0.2, 0) is 4.74 Å². The maximum atomic E-state index is 12.0. The van der Waals surface area contributed by atoms with E-state index in [9.17, 15) is 4.79 Å². The molecule has 3 atom stereocenters. The lowest BCUT2D eigenvalue weighted by Crippen LogP contribution is -2.42. The molecule has 0 aliphatic heterocycles. The zero-order valence-electron chi connectivity index (χ0n) is 16.6. The minimum Gasteiger partial charge on any atom is -0.462 e. The second-order valence-corrected chi connectivity index (χ2v) is 8.06. The number of hydrogen-bond donors (Lipinski definition) is 2. The molecule has 1 aliphatic carbocycles. The highest BCUT2D eigenvalue weighted by molar-refractivity contribution is 7.13. The van der Waals surface area contributed by atoms with Gasteiger partial charge in [-0.1, -0.05) is 26.2 Å². The molecule has 2 rings (SSSR count). The number of guanidine groups is 1. The van der Waals surface area contributed by atoms with Gasteiger partial charge in [-0.15, -0.1) is 11.3 Å². The summed E-state index contributed by atoms with van der Waals surface area (Å²) in [7, 11) is 1.78. The number of nitrogens with one attached hydrogen (secondary N) is 2. The Balaban J connectivity index is 1.93. The summed E-state index contributed by atoms with van der Waals surface area (Å²) in [4.78, 5) is 21.4. The average molecular weight is 381 g/mol. The summed E-state index contributed by atoms with van der Waals surface area (Å²) in [6.07, 6.45) is 5.29. The predicted molar refractivity (Wildman–Crippen MR) is 107 cm³/mol. The van der Waals surface area contributed by atoms with Gasteiger partial charge in [0.05, 0.1) is 18.3 Å². The first-order chi connectivity index (χ1) is 12.5. The second-order valence-electron chi connectivity index (χ2n) is 7.03. The highest BCUT2D eigenvalue weighted by atomic mass is 32.1. The van der Waals surface area contributed by atoms with Gasteiger partial charge in [0.15, 0.2) is 5.96 Å². The molecule has 146 valence electrons. The van der Waals surface area contributed by atoms with Crippen molar-refractivity contribution in [3.05, 3.63) is 15.6 Å². The van der Waals surface area contributed by atoms with Crippen molar-refractivity contribution in [2.75, 3.05) is 20.2 Å². The van der Waals surface area contributed by atoms with E-state index in [0.717, 1.165) is 29.1 Å². The molecule has 0 amide bonds. The summed E-state index contributed by atoms with van der Waals surface area (Å²) < 4.78 is 5.09. The molecule has 0 spiro atoms. The van der Waals surface area contributed by atoms with Crippen molar-refractivity contribution < 1.29 is 9.53 Å². The molecule has 6 nitrogen and oxygen atoms in total. The molecule has 1 aromatic heterocycles. The fourth-order valence-corrected chi connectivity index (χ4v) is 4.34. The topological polar surface area (TPSA) is 75.6 Å². The third-order valence-electron chi connectivity index (χ3n) is 5.04. The van der Waals surface area contributed by atoms with Gasteiger partial charge in [-0.25, -0.2) is 9.78 Å². The molecule has 1 fully saturated rings. The molecular weight excluding hydrogens is 348 g/mol. The second kappa shape index (κ2) is 9.90. The Kier molecular flexibility index (Phi) is 7.87. The summed E-state index contributed by atoms with van der Waals surface area (Å²) in [6.45, 7) is 9.34. The van der Waals surface area contributed by atoms with Gasteiger partial charge >= 0.3 is 5.97 Å². The van der Waals surface area contributed by atoms with Gasteiger partial charge in [0.25, 0.3) is 0 Å². The van der Waals surface area contributed by atoms with Gasteiger partial charge in [-0.05, 0) is 39.0 Å². The van der Waals surface area contributed by atoms with Crippen molar-refractivity contribution in [3.8, 4) is 0 Å². The summed E-state index contributed by atoms with van der Waals surface area (Å²) in [5.41, 5.74) is 0.719. The predicted octanol–water partition coefficient (Wildman–Crippen LogP) is 3.68. The molecule has 1 heterocycles. The summed E-state index contributed by atoms with van der Waals surface area (Å²) in [5, 5.41) is 7.70. The monoisotopic (exact) mass is 380 g/mol. The third-order valence-corrected chi connectivity index (χ3v) is 6.36. The Morgan fingerprint density at radius 1 is 1.42 bits per heavy atom. The van der Waals surface area contributed by atoms with Gasteiger partial charge in [0.2, 0.25) is 0 Å². The van der Waals surface area contributed by atoms with Crippen LogP contribution in [0, 0.1) is 18.8 Å². The maximum Gasteiger partial charge on any atom is 0.350 e. The number of nitrogens with zero attached hydrogens (tertiary/aromatic N) is 2. The third kappa shape index (κ3) is 5.43. The van der Waals surface area contributed by atoms with Gasteiger partial charge < -0.3 is 15.4 Å². The fraction of sp³-hybridized carbons (Fsp3) is 0.737. The standard InChI is InChI=1S/C19H32N4O2S/c1-6-25-18(24)16-13(3)22-17(26-16)14(4)23-19(20-5)21-11-15-10-8-7-9-12(15)2/h12,14-15H,6-11H2,1-5H3,(H2,20,21,23). The molecule has 0 bridgehead atoms. The van der Waals surface area contributed by atoms with Crippen LogP contribution in [0.15, 0.2) is 4.99 Å². The van der Waals surface area contributed by atoms with Crippen LogP contribution in [0.2, 0.25) is 0 Å². The lowest BCUT2D eigenvalue weighted by Gasteiger charge is -2.29. The minimum absolute atomic E-state index is 0.0307. The Bertz CT molecular complexity index is 629. The van der Waals surface area contributed by atoms with E-state index in [4.69, 9.17) is 4.74 Å². The lowest BCUT2D eigenvalue weighted by molar-refractivity contribution is 0.0531. The van der Waals surface area contributed by atoms with Crippen LogP contribution < -0.4 is 10.6 Å². The minimum atomic E-state index is -0.297. The van der Waals surface area contributed by atoms with Crippen molar-refractivity contribution in [1.29, 1.82) is 0 Å². The van der Waals surface area contributed by atoms with Crippen molar-refractivity contribution in [2.45, 2.75) is 59.4 Å². The number of esters is 1. The Hall–Kier alpha value is -1.63. The molecule has 3 unspecified atom stereocenters. The molecule has 1 aliphatic rings. The summed E-state index contributed by atoms with van der Waals surface area (Å²) in [6, 6.07) is -0.0307. The van der Waals surface area contributed by atoms with Crippen LogP contribution in [-0.4, -0.2) is 37.1 Å².